The number of pyridine rings is 1. The zero-order chi connectivity index (χ0) is 14.9. The number of esters is 1. The van der Waals surface area contributed by atoms with Gasteiger partial charge in [-0.2, -0.15) is 17.5 Å². The van der Waals surface area contributed by atoms with Crippen molar-refractivity contribution >= 4 is 17.5 Å². The monoisotopic (exact) mass is 302 g/mol. The van der Waals surface area contributed by atoms with Crippen molar-refractivity contribution in [3.8, 4) is 11.4 Å². The van der Waals surface area contributed by atoms with Crippen LogP contribution in [0.4, 0.5) is 13.2 Å². The van der Waals surface area contributed by atoms with E-state index in [1.165, 1.54) is 6.20 Å². The Morgan fingerprint density at radius 2 is 2.05 bits per heavy atom. The van der Waals surface area contributed by atoms with E-state index in [1.54, 1.807) is 19.1 Å². The molecule has 20 heavy (non-hydrogen) atoms. The summed E-state index contributed by atoms with van der Waals surface area (Å²) in [6.45, 7) is 1.62. The minimum atomic E-state index is -4.71. The van der Waals surface area contributed by atoms with Crippen LogP contribution in [-0.4, -0.2) is 22.4 Å². The van der Waals surface area contributed by atoms with E-state index < -0.39 is 22.6 Å². The van der Waals surface area contributed by atoms with Crippen molar-refractivity contribution in [3.63, 3.8) is 0 Å². The maximum atomic E-state index is 13.2. The second kappa shape index (κ2) is 5.20. The first-order valence-corrected chi connectivity index (χ1v) is 6.20. The molecule has 2 aromatic heterocycles. The molecule has 0 aliphatic heterocycles. The van der Waals surface area contributed by atoms with Crippen LogP contribution in [0.15, 0.2) is 18.3 Å². The summed E-state index contributed by atoms with van der Waals surface area (Å²) in [5.41, 5.74) is -0.803. The number of hydrogen-bond acceptors (Lipinski definition) is 5. The van der Waals surface area contributed by atoms with Crippen molar-refractivity contribution in [1.29, 1.82) is 0 Å². The number of rotatable bonds is 2. The molecule has 0 N–H and O–H groups in total. The highest BCUT2D eigenvalue weighted by Crippen LogP contribution is 2.41. The topological polar surface area (TPSA) is 52.1 Å². The standard InChI is InChI=1S/C12H9F3N2O2S/c1-6-4-3-5-16-8(6)9-7(12(13,14)15)10(20-17-9)11(18)19-2/h3-5H,1-2H3. The molecule has 8 heteroatoms. The second-order valence-corrected chi connectivity index (χ2v) is 4.67. The van der Waals surface area contributed by atoms with Gasteiger partial charge in [0.15, 0.2) is 0 Å². The number of ether oxygens (including phenoxy) is 1. The third-order valence-electron chi connectivity index (χ3n) is 2.58. The maximum Gasteiger partial charge on any atom is 0.420 e. The summed E-state index contributed by atoms with van der Waals surface area (Å²) in [6.07, 6.45) is -3.34. The number of carbonyl (C=O) groups excluding carboxylic acids is 1. The van der Waals surface area contributed by atoms with Crippen LogP contribution in [0, 0.1) is 6.92 Å². The van der Waals surface area contributed by atoms with E-state index in [1.807, 2.05) is 0 Å². The van der Waals surface area contributed by atoms with Crippen molar-refractivity contribution in [2.45, 2.75) is 13.1 Å². The zero-order valence-corrected chi connectivity index (χ0v) is 11.3. The largest absolute Gasteiger partial charge is 0.465 e. The van der Waals surface area contributed by atoms with Crippen molar-refractivity contribution in [2.75, 3.05) is 7.11 Å². The molecule has 0 atom stereocenters. The van der Waals surface area contributed by atoms with Gasteiger partial charge in [-0.05, 0) is 30.1 Å². The summed E-state index contributed by atoms with van der Waals surface area (Å²) in [7, 11) is 1.02. The SMILES string of the molecule is COC(=O)c1snc(-c2ncccc2C)c1C(F)(F)F. The molecular formula is C12H9F3N2O2S. The average molecular weight is 302 g/mol. The number of aromatic nitrogens is 2. The maximum absolute atomic E-state index is 13.2. The van der Waals surface area contributed by atoms with Crippen molar-refractivity contribution in [2.24, 2.45) is 0 Å². The summed E-state index contributed by atoms with van der Waals surface area (Å²) >= 11 is 0.455. The summed E-state index contributed by atoms with van der Waals surface area (Å²) in [6, 6.07) is 3.24. The van der Waals surface area contributed by atoms with Gasteiger partial charge in [0, 0.05) is 6.20 Å². The van der Waals surface area contributed by atoms with E-state index in [-0.39, 0.29) is 11.4 Å². The van der Waals surface area contributed by atoms with Gasteiger partial charge in [0.05, 0.1) is 12.8 Å². The quantitative estimate of drug-likeness (QED) is 0.799. The number of hydrogen-bond donors (Lipinski definition) is 0. The molecule has 2 rings (SSSR count). The minimum Gasteiger partial charge on any atom is -0.465 e. The summed E-state index contributed by atoms with van der Waals surface area (Å²) in [5, 5.41) is 0. The van der Waals surface area contributed by atoms with Crippen LogP contribution in [-0.2, 0) is 10.9 Å². The number of aryl methyl sites for hydroxylation is 1. The smallest absolute Gasteiger partial charge is 0.420 e. The number of alkyl halides is 3. The van der Waals surface area contributed by atoms with Crippen LogP contribution in [0.1, 0.15) is 20.8 Å². The third kappa shape index (κ3) is 2.51. The molecule has 0 aliphatic carbocycles. The number of halogens is 3. The van der Waals surface area contributed by atoms with Gasteiger partial charge in [-0.3, -0.25) is 4.98 Å². The Kier molecular flexibility index (Phi) is 3.76. The van der Waals surface area contributed by atoms with Gasteiger partial charge < -0.3 is 4.74 Å². The van der Waals surface area contributed by atoms with Gasteiger partial charge in [0.2, 0.25) is 0 Å². The van der Waals surface area contributed by atoms with Crippen LogP contribution in [0.5, 0.6) is 0 Å². The number of nitrogens with zero attached hydrogens (tertiary/aromatic N) is 2. The minimum absolute atomic E-state index is 0.103. The highest BCUT2D eigenvalue weighted by atomic mass is 32.1. The van der Waals surface area contributed by atoms with Crippen LogP contribution in [0.3, 0.4) is 0 Å². The van der Waals surface area contributed by atoms with Gasteiger partial charge in [-0.25, -0.2) is 4.79 Å². The molecule has 0 unspecified atom stereocenters. The van der Waals surface area contributed by atoms with Crippen LogP contribution in [0.25, 0.3) is 11.4 Å². The van der Waals surface area contributed by atoms with E-state index in [4.69, 9.17) is 0 Å². The third-order valence-corrected chi connectivity index (χ3v) is 3.41. The Morgan fingerprint density at radius 3 is 2.60 bits per heavy atom. The predicted molar refractivity (Wildman–Crippen MR) is 66.4 cm³/mol. The average Bonchev–Trinajstić information content (AvgIpc) is 2.83. The molecule has 0 spiro atoms. The Morgan fingerprint density at radius 1 is 1.35 bits per heavy atom. The van der Waals surface area contributed by atoms with Gasteiger partial charge in [-0.1, -0.05) is 6.07 Å². The zero-order valence-electron chi connectivity index (χ0n) is 10.5. The molecule has 0 aromatic carbocycles. The molecule has 0 radical (unpaired) electrons. The van der Waals surface area contributed by atoms with E-state index in [0.29, 0.717) is 17.1 Å². The molecule has 2 heterocycles. The molecule has 4 nitrogen and oxygen atoms in total. The van der Waals surface area contributed by atoms with E-state index in [2.05, 4.69) is 14.1 Å². The lowest BCUT2D eigenvalue weighted by Crippen LogP contribution is -2.13. The van der Waals surface area contributed by atoms with Crippen LogP contribution < -0.4 is 0 Å². The van der Waals surface area contributed by atoms with Crippen LogP contribution in [0.2, 0.25) is 0 Å². The molecule has 0 bridgehead atoms. The molecular weight excluding hydrogens is 293 g/mol. The predicted octanol–water partition coefficient (Wildman–Crippen LogP) is 3.32. The highest BCUT2D eigenvalue weighted by Gasteiger charge is 2.42. The van der Waals surface area contributed by atoms with Gasteiger partial charge >= 0.3 is 12.1 Å². The molecule has 0 amide bonds. The lowest BCUT2D eigenvalue weighted by molar-refractivity contribution is -0.137. The van der Waals surface area contributed by atoms with Crippen molar-refractivity contribution in [1.82, 2.24) is 9.36 Å². The fourth-order valence-electron chi connectivity index (χ4n) is 1.68. The Balaban J connectivity index is 2.70. The summed E-state index contributed by atoms with van der Waals surface area (Å²) in [5.74, 6) is -1.06. The normalized spacial score (nSPS) is 11.4. The summed E-state index contributed by atoms with van der Waals surface area (Å²) < 4.78 is 47.7. The fourth-order valence-corrected chi connectivity index (χ4v) is 2.50. The molecule has 2 aromatic rings. The first-order valence-electron chi connectivity index (χ1n) is 5.43. The molecule has 106 valence electrons. The number of methoxy groups -OCH3 is 1. The van der Waals surface area contributed by atoms with Crippen molar-refractivity contribution < 1.29 is 22.7 Å². The van der Waals surface area contributed by atoms with Gasteiger partial charge in [-0.15, -0.1) is 0 Å². The second-order valence-electron chi connectivity index (χ2n) is 3.89. The molecule has 0 fully saturated rings. The van der Waals surface area contributed by atoms with Crippen molar-refractivity contribution in [3.05, 3.63) is 34.3 Å². The molecule has 0 saturated heterocycles. The lowest BCUT2D eigenvalue weighted by Gasteiger charge is -2.09. The highest BCUT2D eigenvalue weighted by molar-refractivity contribution is 7.08. The van der Waals surface area contributed by atoms with Gasteiger partial charge in [0.1, 0.15) is 16.1 Å². The first-order chi connectivity index (χ1) is 9.36. The van der Waals surface area contributed by atoms with E-state index in [9.17, 15) is 18.0 Å². The fraction of sp³-hybridized carbons (Fsp3) is 0.250. The Bertz CT molecular complexity index is 652. The summed E-state index contributed by atoms with van der Waals surface area (Å²) in [4.78, 5) is 14.8. The Hall–Kier alpha value is -1.96. The number of carbonyl (C=O) groups is 1. The molecule has 0 saturated carbocycles. The molecule has 0 aliphatic rings. The van der Waals surface area contributed by atoms with Crippen LogP contribution >= 0.6 is 11.5 Å². The van der Waals surface area contributed by atoms with E-state index in [0.717, 1.165) is 7.11 Å². The Labute approximate surface area is 116 Å². The lowest BCUT2D eigenvalue weighted by atomic mass is 10.1. The first kappa shape index (κ1) is 14.4. The van der Waals surface area contributed by atoms with E-state index >= 15 is 0 Å². The van der Waals surface area contributed by atoms with Gasteiger partial charge in [0.25, 0.3) is 0 Å².